The van der Waals surface area contributed by atoms with Crippen molar-refractivity contribution in [3.05, 3.63) is 36.5 Å². The molecule has 3 heteroatoms. The van der Waals surface area contributed by atoms with Crippen LogP contribution < -0.4 is 9.80 Å². The first-order valence-corrected chi connectivity index (χ1v) is 6.13. The molecule has 0 N–H and O–H groups in total. The Morgan fingerprint density at radius 2 is 1.88 bits per heavy atom. The number of hydrogen-bond acceptors (Lipinski definition) is 3. The third-order valence-corrected chi connectivity index (χ3v) is 3.00. The zero-order valence-corrected chi connectivity index (χ0v) is 10.5. The fourth-order valence-electron chi connectivity index (χ4n) is 2.00. The van der Waals surface area contributed by atoms with Gasteiger partial charge in [-0.2, -0.15) is 0 Å². The number of hydrogen-bond donors (Lipinski definition) is 0. The van der Waals surface area contributed by atoms with E-state index < -0.39 is 0 Å². The number of aliphatic imine (C=N–C) groups is 1. The Bertz CT molecular complexity index is 402. The molecule has 3 nitrogen and oxygen atoms in total. The summed E-state index contributed by atoms with van der Waals surface area (Å²) in [7, 11) is 0. The van der Waals surface area contributed by atoms with E-state index in [1.165, 1.54) is 11.4 Å². The molecule has 0 amide bonds. The van der Waals surface area contributed by atoms with E-state index in [-0.39, 0.29) is 0 Å². The molecule has 17 heavy (non-hydrogen) atoms. The van der Waals surface area contributed by atoms with Crippen molar-refractivity contribution < 1.29 is 0 Å². The quantitative estimate of drug-likeness (QED) is 0.790. The van der Waals surface area contributed by atoms with Crippen LogP contribution in [0, 0.1) is 0 Å². The zero-order chi connectivity index (χ0) is 12.1. The molecule has 0 radical (unpaired) electrons. The van der Waals surface area contributed by atoms with Crippen LogP contribution in [-0.4, -0.2) is 26.0 Å². The van der Waals surface area contributed by atoms with E-state index in [0.29, 0.717) is 6.67 Å². The molecular formula is C14H19N3. The molecular weight excluding hydrogens is 210 g/mol. The van der Waals surface area contributed by atoms with Crippen molar-refractivity contribution in [1.82, 2.24) is 0 Å². The molecule has 0 saturated carbocycles. The summed E-state index contributed by atoms with van der Waals surface area (Å²) in [4.78, 5) is 8.70. The van der Waals surface area contributed by atoms with Crippen molar-refractivity contribution in [2.45, 2.75) is 13.8 Å². The minimum absolute atomic E-state index is 0.709. The second kappa shape index (κ2) is 5.53. The Labute approximate surface area is 103 Å². The average Bonchev–Trinajstić information content (AvgIpc) is 2.42. The predicted octanol–water partition coefficient (Wildman–Crippen LogP) is 2.89. The van der Waals surface area contributed by atoms with Crippen LogP contribution in [0.4, 0.5) is 11.4 Å². The van der Waals surface area contributed by atoms with Crippen LogP contribution in [0.5, 0.6) is 0 Å². The van der Waals surface area contributed by atoms with Gasteiger partial charge in [-0.05, 0) is 44.2 Å². The maximum Gasteiger partial charge on any atom is 0.114 e. The maximum atomic E-state index is 4.23. The third-order valence-electron chi connectivity index (χ3n) is 3.00. The highest BCUT2D eigenvalue weighted by atomic mass is 15.2. The smallest absolute Gasteiger partial charge is 0.114 e. The van der Waals surface area contributed by atoms with Gasteiger partial charge in [0.1, 0.15) is 6.67 Å². The molecule has 0 fully saturated rings. The first-order chi connectivity index (χ1) is 8.35. The summed E-state index contributed by atoms with van der Waals surface area (Å²) < 4.78 is 0. The Morgan fingerprint density at radius 3 is 2.41 bits per heavy atom. The van der Waals surface area contributed by atoms with E-state index in [1.54, 1.807) is 0 Å². The van der Waals surface area contributed by atoms with Crippen LogP contribution in [0.2, 0.25) is 0 Å². The molecule has 0 atom stereocenters. The molecule has 1 aromatic carbocycles. The van der Waals surface area contributed by atoms with Crippen molar-refractivity contribution in [1.29, 1.82) is 0 Å². The van der Waals surface area contributed by atoms with E-state index in [9.17, 15) is 0 Å². The second-order valence-electron chi connectivity index (χ2n) is 3.97. The van der Waals surface area contributed by atoms with E-state index in [1.807, 2.05) is 12.3 Å². The molecule has 1 aliphatic rings. The molecule has 1 aliphatic heterocycles. The van der Waals surface area contributed by atoms with Crippen molar-refractivity contribution in [3.63, 3.8) is 0 Å². The lowest BCUT2D eigenvalue weighted by atomic mass is 10.2. The maximum absolute atomic E-state index is 4.23. The fourth-order valence-corrected chi connectivity index (χ4v) is 2.00. The average molecular weight is 229 g/mol. The van der Waals surface area contributed by atoms with Crippen LogP contribution >= 0.6 is 0 Å². The lowest BCUT2D eigenvalue weighted by molar-refractivity contribution is 0.866. The second-order valence-corrected chi connectivity index (χ2v) is 3.97. The lowest BCUT2D eigenvalue weighted by Crippen LogP contribution is -2.22. The zero-order valence-electron chi connectivity index (χ0n) is 10.5. The van der Waals surface area contributed by atoms with Crippen molar-refractivity contribution in [2.75, 3.05) is 29.6 Å². The van der Waals surface area contributed by atoms with E-state index in [2.05, 4.69) is 59.1 Å². The first-order valence-electron chi connectivity index (χ1n) is 6.13. The SMILES string of the molecule is CCN(CC)c1ccc(N2C=CC=NC2)cc1. The topological polar surface area (TPSA) is 18.8 Å². The number of nitrogens with zero attached hydrogens (tertiary/aromatic N) is 3. The summed E-state index contributed by atoms with van der Waals surface area (Å²) >= 11 is 0. The predicted molar refractivity (Wildman–Crippen MR) is 75.0 cm³/mol. The van der Waals surface area contributed by atoms with E-state index in [4.69, 9.17) is 0 Å². The van der Waals surface area contributed by atoms with Gasteiger partial charge in [0.2, 0.25) is 0 Å². The summed E-state index contributed by atoms with van der Waals surface area (Å²) in [6.45, 7) is 7.16. The summed E-state index contributed by atoms with van der Waals surface area (Å²) in [6, 6.07) is 8.65. The molecule has 0 bridgehead atoms. The standard InChI is InChI=1S/C14H19N3/c1-3-16(4-2)13-6-8-14(9-7-13)17-11-5-10-15-12-17/h5-11H,3-4,12H2,1-2H3. The number of allylic oxidation sites excluding steroid dienone is 1. The minimum atomic E-state index is 0.709. The van der Waals surface area contributed by atoms with Gasteiger partial charge in [0.15, 0.2) is 0 Å². The summed E-state index contributed by atoms with van der Waals surface area (Å²) in [6.07, 6.45) is 5.85. The Kier molecular flexibility index (Phi) is 3.81. The molecule has 2 rings (SSSR count). The molecule has 0 spiro atoms. The van der Waals surface area contributed by atoms with Crippen molar-refractivity contribution in [3.8, 4) is 0 Å². The number of anilines is 2. The Balaban J connectivity index is 2.12. The van der Waals surface area contributed by atoms with Gasteiger partial charge in [-0.25, -0.2) is 0 Å². The van der Waals surface area contributed by atoms with E-state index >= 15 is 0 Å². The molecule has 0 unspecified atom stereocenters. The summed E-state index contributed by atoms with van der Waals surface area (Å²) in [5.41, 5.74) is 2.47. The van der Waals surface area contributed by atoms with Gasteiger partial charge in [0.25, 0.3) is 0 Å². The minimum Gasteiger partial charge on any atom is -0.372 e. The van der Waals surface area contributed by atoms with Crippen LogP contribution in [-0.2, 0) is 0 Å². The van der Waals surface area contributed by atoms with Crippen LogP contribution in [0.25, 0.3) is 0 Å². The molecule has 1 aromatic rings. The highest BCUT2D eigenvalue weighted by molar-refractivity contribution is 5.74. The first kappa shape index (κ1) is 11.7. The largest absolute Gasteiger partial charge is 0.372 e. The van der Waals surface area contributed by atoms with Gasteiger partial charge in [0, 0.05) is 36.9 Å². The highest BCUT2D eigenvalue weighted by Crippen LogP contribution is 2.21. The molecule has 0 aromatic heterocycles. The van der Waals surface area contributed by atoms with Crippen LogP contribution in [0.15, 0.2) is 41.5 Å². The number of benzene rings is 1. The molecule has 0 saturated heterocycles. The molecule has 1 heterocycles. The Hall–Kier alpha value is -1.77. The van der Waals surface area contributed by atoms with Gasteiger partial charge in [-0.15, -0.1) is 0 Å². The van der Waals surface area contributed by atoms with Crippen LogP contribution in [0.3, 0.4) is 0 Å². The van der Waals surface area contributed by atoms with Gasteiger partial charge >= 0.3 is 0 Å². The van der Waals surface area contributed by atoms with Crippen molar-refractivity contribution in [2.24, 2.45) is 4.99 Å². The van der Waals surface area contributed by atoms with Crippen LogP contribution in [0.1, 0.15) is 13.8 Å². The van der Waals surface area contributed by atoms with Gasteiger partial charge in [-0.3, -0.25) is 4.99 Å². The van der Waals surface area contributed by atoms with Gasteiger partial charge in [0.05, 0.1) is 0 Å². The summed E-state index contributed by atoms with van der Waals surface area (Å²) in [5, 5.41) is 0. The summed E-state index contributed by atoms with van der Waals surface area (Å²) in [5.74, 6) is 0. The van der Waals surface area contributed by atoms with Gasteiger partial charge < -0.3 is 9.80 Å². The third kappa shape index (κ3) is 2.67. The molecule has 0 aliphatic carbocycles. The van der Waals surface area contributed by atoms with E-state index in [0.717, 1.165) is 13.1 Å². The normalized spacial score (nSPS) is 14.1. The van der Waals surface area contributed by atoms with Gasteiger partial charge in [-0.1, -0.05) is 0 Å². The monoisotopic (exact) mass is 229 g/mol. The van der Waals surface area contributed by atoms with Crippen molar-refractivity contribution >= 4 is 17.6 Å². The number of rotatable bonds is 4. The molecule has 90 valence electrons. The fraction of sp³-hybridized carbons (Fsp3) is 0.357. The lowest BCUT2D eigenvalue weighted by Gasteiger charge is -2.23. The highest BCUT2D eigenvalue weighted by Gasteiger charge is 2.05. The Morgan fingerprint density at radius 1 is 1.18 bits per heavy atom.